The number of carbonyl (C=O) groups excluding carboxylic acids is 1. The first-order valence-electron chi connectivity index (χ1n) is 7.67. The number of hydrogen-bond donors (Lipinski definition) is 0. The van der Waals surface area contributed by atoms with Gasteiger partial charge in [0.05, 0.1) is 17.7 Å². The molecule has 0 aromatic heterocycles. The van der Waals surface area contributed by atoms with E-state index in [-0.39, 0.29) is 5.69 Å². The Balaban J connectivity index is 2.36. The van der Waals surface area contributed by atoms with Gasteiger partial charge >= 0.3 is 5.97 Å². The summed E-state index contributed by atoms with van der Waals surface area (Å²) in [5, 5.41) is 11.0. The zero-order valence-electron chi connectivity index (χ0n) is 13.9. The number of para-hydroxylation sites is 1. The van der Waals surface area contributed by atoms with E-state index in [1.165, 1.54) is 31.5 Å². The molecule has 0 N–H and O–H groups in total. The van der Waals surface area contributed by atoms with Crippen molar-refractivity contribution in [2.24, 2.45) is 4.99 Å². The van der Waals surface area contributed by atoms with Crippen molar-refractivity contribution in [3.63, 3.8) is 0 Å². The molecule has 7 heteroatoms. The van der Waals surface area contributed by atoms with Gasteiger partial charge in [-0.05, 0) is 24.6 Å². The zero-order chi connectivity index (χ0) is 18.2. The Bertz CT molecular complexity index is 774. The Morgan fingerprint density at radius 2 is 2.00 bits per heavy atom. The summed E-state index contributed by atoms with van der Waals surface area (Å²) in [6, 6.07) is 13.3. The molecule has 0 bridgehead atoms. The van der Waals surface area contributed by atoms with Gasteiger partial charge in [-0.2, -0.15) is 0 Å². The van der Waals surface area contributed by atoms with Gasteiger partial charge in [0.15, 0.2) is 6.10 Å². The van der Waals surface area contributed by atoms with Gasteiger partial charge in [0.1, 0.15) is 5.75 Å². The number of aliphatic imine (C=N–C) groups is 1. The van der Waals surface area contributed by atoms with Crippen molar-refractivity contribution >= 4 is 23.6 Å². The highest BCUT2D eigenvalue weighted by molar-refractivity contribution is 5.87. The highest BCUT2D eigenvalue weighted by Crippen LogP contribution is 2.25. The average molecular weight is 342 g/mol. The summed E-state index contributed by atoms with van der Waals surface area (Å²) >= 11 is 0. The third-order valence-corrected chi connectivity index (χ3v) is 3.42. The molecule has 0 spiro atoms. The molecule has 0 aliphatic heterocycles. The van der Waals surface area contributed by atoms with E-state index in [0.29, 0.717) is 23.4 Å². The number of rotatable bonds is 7. The SMILES string of the molecule is CCC(Oc1ccc([N+](=O)[O-])cc1C=Nc1ccccc1)C(=O)OC. The van der Waals surface area contributed by atoms with Crippen LogP contribution in [0.2, 0.25) is 0 Å². The lowest BCUT2D eigenvalue weighted by Crippen LogP contribution is -2.28. The quantitative estimate of drug-likeness (QED) is 0.331. The van der Waals surface area contributed by atoms with Crippen LogP contribution in [0.4, 0.5) is 11.4 Å². The summed E-state index contributed by atoms with van der Waals surface area (Å²) in [5.41, 5.74) is 1.01. The van der Waals surface area contributed by atoms with E-state index in [0.717, 1.165) is 0 Å². The van der Waals surface area contributed by atoms with Gasteiger partial charge in [-0.1, -0.05) is 25.1 Å². The van der Waals surface area contributed by atoms with Crippen molar-refractivity contribution in [2.45, 2.75) is 19.4 Å². The number of nitrogens with zero attached hydrogens (tertiary/aromatic N) is 2. The number of hydrogen-bond acceptors (Lipinski definition) is 6. The topological polar surface area (TPSA) is 91.0 Å². The normalized spacial score (nSPS) is 11.9. The van der Waals surface area contributed by atoms with Crippen LogP contribution < -0.4 is 4.74 Å². The maximum absolute atomic E-state index is 11.7. The van der Waals surface area contributed by atoms with Crippen LogP contribution in [0, 0.1) is 10.1 Å². The van der Waals surface area contributed by atoms with Crippen LogP contribution in [0.25, 0.3) is 0 Å². The number of benzene rings is 2. The molecule has 0 aliphatic carbocycles. The fraction of sp³-hybridized carbons (Fsp3) is 0.222. The predicted octanol–water partition coefficient (Wildman–Crippen LogP) is 3.68. The van der Waals surface area contributed by atoms with Crippen LogP contribution in [0.1, 0.15) is 18.9 Å². The van der Waals surface area contributed by atoms with Crippen LogP contribution in [-0.4, -0.2) is 30.3 Å². The lowest BCUT2D eigenvalue weighted by atomic mass is 10.2. The molecule has 0 heterocycles. The zero-order valence-corrected chi connectivity index (χ0v) is 13.9. The molecule has 0 radical (unpaired) electrons. The van der Waals surface area contributed by atoms with Gasteiger partial charge in [0.2, 0.25) is 0 Å². The number of ether oxygens (including phenoxy) is 2. The van der Waals surface area contributed by atoms with Gasteiger partial charge in [-0.3, -0.25) is 15.1 Å². The molecular weight excluding hydrogens is 324 g/mol. The van der Waals surface area contributed by atoms with E-state index in [1.807, 2.05) is 18.2 Å². The lowest BCUT2D eigenvalue weighted by Gasteiger charge is -2.16. The van der Waals surface area contributed by atoms with E-state index in [9.17, 15) is 14.9 Å². The van der Waals surface area contributed by atoms with Crippen LogP contribution in [-0.2, 0) is 9.53 Å². The minimum Gasteiger partial charge on any atom is -0.478 e. The highest BCUT2D eigenvalue weighted by Gasteiger charge is 2.21. The molecule has 1 unspecified atom stereocenters. The summed E-state index contributed by atoms with van der Waals surface area (Å²) in [4.78, 5) is 26.5. The summed E-state index contributed by atoms with van der Waals surface area (Å²) in [7, 11) is 1.28. The Hall–Kier alpha value is -3.22. The molecule has 25 heavy (non-hydrogen) atoms. The molecule has 0 saturated carbocycles. The standard InChI is InChI=1S/C18H18N2O5/c1-3-16(18(21)24-2)25-17-10-9-15(20(22)23)11-13(17)12-19-14-7-5-4-6-8-14/h4-12,16H,3H2,1-2H3. The number of carbonyl (C=O) groups is 1. The van der Waals surface area contributed by atoms with Crippen LogP contribution in [0.5, 0.6) is 5.75 Å². The van der Waals surface area contributed by atoms with Crippen LogP contribution in [0.3, 0.4) is 0 Å². The van der Waals surface area contributed by atoms with E-state index in [1.54, 1.807) is 19.1 Å². The minimum atomic E-state index is -0.796. The van der Waals surface area contributed by atoms with Crippen molar-refractivity contribution < 1.29 is 19.2 Å². The minimum absolute atomic E-state index is 0.0898. The molecule has 0 fully saturated rings. The molecule has 0 amide bonds. The number of esters is 1. The van der Waals surface area contributed by atoms with Gasteiger partial charge in [0, 0.05) is 23.9 Å². The summed E-state index contributed by atoms with van der Waals surface area (Å²) in [5.74, 6) is -0.186. The van der Waals surface area contributed by atoms with Gasteiger partial charge in [0.25, 0.3) is 5.69 Å². The molecule has 2 rings (SSSR count). The lowest BCUT2D eigenvalue weighted by molar-refractivity contribution is -0.384. The molecule has 130 valence electrons. The molecule has 1 atom stereocenters. The number of methoxy groups -OCH3 is 1. The first kappa shape index (κ1) is 18.1. The van der Waals surface area contributed by atoms with E-state index in [4.69, 9.17) is 9.47 Å². The number of non-ortho nitro benzene ring substituents is 1. The molecule has 0 aliphatic rings. The highest BCUT2D eigenvalue weighted by atomic mass is 16.6. The summed E-state index contributed by atoms with van der Waals surface area (Å²) in [6.45, 7) is 1.78. The van der Waals surface area contributed by atoms with Gasteiger partial charge in [-0.25, -0.2) is 4.79 Å². The van der Waals surface area contributed by atoms with Crippen molar-refractivity contribution in [2.75, 3.05) is 7.11 Å². The fourth-order valence-electron chi connectivity index (χ4n) is 2.10. The first-order chi connectivity index (χ1) is 12.0. The smallest absolute Gasteiger partial charge is 0.347 e. The van der Waals surface area contributed by atoms with Crippen LogP contribution >= 0.6 is 0 Å². The predicted molar refractivity (Wildman–Crippen MR) is 93.5 cm³/mol. The second kappa shape index (κ2) is 8.58. The Morgan fingerprint density at radius 1 is 1.28 bits per heavy atom. The van der Waals surface area contributed by atoms with Gasteiger partial charge < -0.3 is 9.47 Å². The summed E-state index contributed by atoms with van der Waals surface area (Å²) in [6.07, 6.45) is 1.08. The van der Waals surface area contributed by atoms with Crippen molar-refractivity contribution in [3.8, 4) is 5.75 Å². The first-order valence-corrected chi connectivity index (χ1v) is 7.67. The Morgan fingerprint density at radius 3 is 2.60 bits per heavy atom. The number of nitro benzene ring substituents is 1. The molecule has 0 saturated heterocycles. The fourth-order valence-corrected chi connectivity index (χ4v) is 2.10. The number of nitro groups is 1. The summed E-state index contributed by atoms with van der Waals surface area (Å²) < 4.78 is 10.4. The maximum Gasteiger partial charge on any atom is 0.347 e. The molecule has 7 nitrogen and oxygen atoms in total. The van der Waals surface area contributed by atoms with Crippen LogP contribution in [0.15, 0.2) is 53.5 Å². The third kappa shape index (κ3) is 4.87. The molecule has 2 aromatic rings. The van der Waals surface area contributed by atoms with E-state index in [2.05, 4.69) is 4.99 Å². The largest absolute Gasteiger partial charge is 0.478 e. The van der Waals surface area contributed by atoms with Crippen molar-refractivity contribution in [3.05, 3.63) is 64.2 Å². The Labute approximate surface area is 145 Å². The van der Waals surface area contributed by atoms with Crippen molar-refractivity contribution in [1.29, 1.82) is 0 Å². The van der Waals surface area contributed by atoms with Gasteiger partial charge in [-0.15, -0.1) is 0 Å². The van der Waals surface area contributed by atoms with Crippen molar-refractivity contribution in [1.82, 2.24) is 0 Å². The second-order valence-corrected chi connectivity index (χ2v) is 5.11. The maximum atomic E-state index is 11.7. The monoisotopic (exact) mass is 342 g/mol. The van der Waals surface area contributed by atoms with E-state index < -0.39 is 17.0 Å². The second-order valence-electron chi connectivity index (χ2n) is 5.11. The molecule has 2 aromatic carbocycles. The Kier molecular flexibility index (Phi) is 6.22. The van der Waals surface area contributed by atoms with E-state index >= 15 is 0 Å². The molecular formula is C18H18N2O5. The average Bonchev–Trinajstić information content (AvgIpc) is 2.64. The third-order valence-electron chi connectivity index (χ3n) is 3.42.